The largest absolute Gasteiger partial charge is 0.444 e. The van der Waals surface area contributed by atoms with E-state index in [4.69, 9.17) is 9.47 Å². The molecular weight excluding hydrogens is 428 g/mol. The van der Waals surface area contributed by atoms with Crippen LogP contribution in [0.2, 0.25) is 0 Å². The molecule has 0 spiro atoms. The van der Waals surface area contributed by atoms with Crippen molar-refractivity contribution in [3.05, 3.63) is 90.0 Å². The smallest absolute Gasteiger partial charge is 0.408 e. The molecule has 0 aliphatic carbocycles. The monoisotopic (exact) mass is 458 g/mol. The van der Waals surface area contributed by atoms with E-state index in [9.17, 15) is 9.59 Å². The number of ether oxygens (including phenoxy) is 2. The molecule has 1 aliphatic heterocycles. The van der Waals surface area contributed by atoms with Gasteiger partial charge in [0, 0.05) is 12.1 Å². The van der Waals surface area contributed by atoms with Gasteiger partial charge in [0.05, 0.1) is 18.9 Å². The fourth-order valence-corrected chi connectivity index (χ4v) is 4.05. The van der Waals surface area contributed by atoms with Crippen LogP contribution in [0.1, 0.15) is 37.9 Å². The lowest BCUT2D eigenvalue weighted by Crippen LogP contribution is -2.45. The molecule has 4 rings (SSSR count). The summed E-state index contributed by atoms with van der Waals surface area (Å²) in [4.78, 5) is 28.2. The van der Waals surface area contributed by atoms with Gasteiger partial charge >= 0.3 is 6.09 Å². The van der Waals surface area contributed by atoms with E-state index in [0.29, 0.717) is 19.8 Å². The van der Waals surface area contributed by atoms with Gasteiger partial charge in [-0.15, -0.1) is 0 Å². The molecule has 2 amide bonds. The average Bonchev–Trinajstić information content (AvgIpc) is 2.90. The molecule has 0 saturated heterocycles. The Hall–Kier alpha value is -3.64. The number of nitrogens with one attached hydrogen (secondary N) is 1. The molecule has 0 fully saturated rings. The van der Waals surface area contributed by atoms with Gasteiger partial charge in [-0.05, 0) is 43.5 Å². The van der Waals surface area contributed by atoms with Crippen molar-refractivity contribution in [2.24, 2.45) is 0 Å². The second-order valence-electron chi connectivity index (χ2n) is 9.21. The molecule has 0 unspecified atom stereocenters. The lowest BCUT2D eigenvalue weighted by Gasteiger charge is -2.27. The summed E-state index contributed by atoms with van der Waals surface area (Å²) in [7, 11) is 0. The van der Waals surface area contributed by atoms with Gasteiger partial charge in [0.25, 0.3) is 5.91 Å². The summed E-state index contributed by atoms with van der Waals surface area (Å²) >= 11 is 0. The van der Waals surface area contributed by atoms with E-state index in [2.05, 4.69) is 5.32 Å². The summed E-state index contributed by atoms with van der Waals surface area (Å²) in [5.74, 6) is -0.230. The number of fused-ring (bicyclic) bond motifs is 3. The standard InChI is InChI=1S/C28H30N2O4/c1-28(2,3)34-27(32)29-25-23-15-8-7-13-21(23)22-14-9-10-16-24(22)30(26(25)31)17-18-33-19-20-11-5-4-6-12-20/h4-16,25H,17-19H2,1-3H3,(H,29,32)/t25-/m0/s1. The fourth-order valence-electron chi connectivity index (χ4n) is 4.05. The molecule has 1 N–H and O–H groups in total. The number of nitrogens with zero attached hydrogens (tertiary/aromatic N) is 1. The van der Waals surface area contributed by atoms with Crippen molar-refractivity contribution < 1.29 is 19.1 Å². The Morgan fingerprint density at radius 3 is 2.29 bits per heavy atom. The Balaban J connectivity index is 1.61. The number of hydrogen-bond donors (Lipinski definition) is 1. The van der Waals surface area contributed by atoms with Crippen molar-refractivity contribution in [2.75, 3.05) is 18.1 Å². The maximum absolute atomic E-state index is 13.8. The van der Waals surface area contributed by atoms with Crippen molar-refractivity contribution in [1.29, 1.82) is 0 Å². The van der Waals surface area contributed by atoms with Crippen LogP contribution in [0, 0.1) is 0 Å². The van der Waals surface area contributed by atoms with E-state index in [1.54, 1.807) is 25.7 Å². The van der Waals surface area contributed by atoms with Gasteiger partial charge in [-0.2, -0.15) is 0 Å². The predicted molar refractivity (Wildman–Crippen MR) is 132 cm³/mol. The quantitative estimate of drug-likeness (QED) is 0.497. The molecule has 1 aliphatic rings. The number of para-hydroxylation sites is 1. The predicted octanol–water partition coefficient (Wildman–Crippen LogP) is 5.48. The average molecular weight is 459 g/mol. The molecular formula is C28H30N2O4. The van der Waals surface area contributed by atoms with Crippen LogP contribution >= 0.6 is 0 Å². The van der Waals surface area contributed by atoms with Crippen molar-refractivity contribution in [3.63, 3.8) is 0 Å². The Morgan fingerprint density at radius 2 is 1.56 bits per heavy atom. The third kappa shape index (κ3) is 5.46. The highest BCUT2D eigenvalue weighted by atomic mass is 16.6. The highest BCUT2D eigenvalue weighted by Gasteiger charge is 2.35. The van der Waals surface area contributed by atoms with Crippen LogP contribution < -0.4 is 10.2 Å². The van der Waals surface area contributed by atoms with Gasteiger partial charge < -0.3 is 19.7 Å². The van der Waals surface area contributed by atoms with E-state index in [1.807, 2.05) is 78.9 Å². The number of carbonyl (C=O) groups is 2. The van der Waals surface area contributed by atoms with Crippen LogP contribution in [0.5, 0.6) is 0 Å². The molecule has 0 radical (unpaired) electrons. The first-order valence-electron chi connectivity index (χ1n) is 11.4. The van der Waals surface area contributed by atoms with Crippen LogP contribution in [0.25, 0.3) is 11.1 Å². The molecule has 6 heteroatoms. The fraction of sp³-hybridized carbons (Fsp3) is 0.286. The van der Waals surface area contributed by atoms with Crippen molar-refractivity contribution in [3.8, 4) is 11.1 Å². The van der Waals surface area contributed by atoms with Gasteiger partial charge in [0.1, 0.15) is 11.6 Å². The minimum atomic E-state index is -0.882. The van der Waals surface area contributed by atoms with Crippen LogP contribution in [0.15, 0.2) is 78.9 Å². The summed E-state index contributed by atoms with van der Waals surface area (Å²) in [5.41, 5.74) is 3.76. The number of amides is 2. The molecule has 0 saturated carbocycles. The second-order valence-corrected chi connectivity index (χ2v) is 9.21. The van der Waals surface area contributed by atoms with Crippen molar-refractivity contribution in [1.82, 2.24) is 5.32 Å². The normalized spacial score (nSPS) is 15.2. The third-order valence-corrected chi connectivity index (χ3v) is 5.50. The number of benzene rings is 3. The van der Waals surface area contributed by atoms with Crippen molar-refractivity contribution in [2.45, 2.75) is 39.0 Å². The summed E-state index contributed by atoms with van der Waals surface area (Å²) < 4.78 is 11.3. The van der Waals surface area contributed by atoms with Crippen LogP contribution in [-0.4, -0.2) is 30.8 Å². The summed E-state index contributed by atoms with van der Waals surface area (Å²) in [6.07, 6.45) is -0.633. The number of carbonyl (C=O) groups excluding carboxylic acids is 2. The molecule has 3 aromatic carbocycles. The first-order chi connectivity index (χ1) is 16.3. The van der Waals surface area contributed by atoms with E-state index in [0.717, 1.165) is 27.9 Å². The van der Waals surface area contributed by atoms with Crippen molar-refractivity contribution >= 4 is 17.7 Å². The number of alkyl carbamates (subject to hydrolysis) is 1. The Morgan fingerprint density at radius 1 is 0.912 bits per heavy atom. The Kier molecular flexibility index (Phi) is 6.98. The molecule has 176 valence electrons. The van der Waals surface area contributed by atoms with E-state index in [1.165, 1.54) is 0 Å². The van der Waals surface area contributed by atoms with Gasteiger partial charge in [-0.25, -0.2) is 4.79 Å². The zero-order valence-corrected chi connectivity index (χ0v) is 19.8. The Bertz CT molecular complexity index is 1150. The number of hydrogen-bond acceptors (Lipinski definition) is 4. The molecule has 3 aromatic rings. The summed E-state index contributed by atoms with van der Waals surface area (Å²) in [6, 6.07) is 24.5. The molecule has 1 heterocycles. The topological polar surface area (TPSA) is 67.9 Å². The van der Waals surface area contributed by atoms with Gasteiger partial charge in [-0.3, -0.25) is 4.79 Å². The summed E-state index contributed by atoms with van der Waals surface area (Å²) in [6.45, 7) is 6.54. The van der Waals surface area contributed by atoms with Gasteiger partial charge in [0.2, 0.25) is 0 Å². The maximum atomic E-state index is 13.8. The molecule has 0 bridgehead atoms. The maximum Gasteiger partial charge on any atom is 0.408 e. The molecule has 1 atom stereocenters. The highest BCUT2D eigenvalue weighted by Crippen LogP contribution is 2.40. The number of rotatable bonds is 6. The molecule has 0 aromatic heterocycles. The summed E-state index contributed by atoms with van der Waals surface area (Å²) in [5, 5.41) is 2.81. The first-order valence-corrected chi connectivity index (χ1v) is 11.4. The lowest BCUT2D eigenvalue weighted by molar-refractivity contribution is -0.121. The van der Waals surface area contributed by atoms with Gasteiger partial charge in [0.15, 0.2) is 0 Å². The highest BCUT2D eigenvalue weighted by molar-refractivity contribution is 6.06. The van der Waals surface area contributed by atoms with E-state index < -0.39 is 17.7 Å². The van der Waals surface area contributed by atoms with Gasteiger partial charge in [-0.1, -0.05) is 72.8 Å². The SMILES string of the molecule is CC(C)(C)OC(=O)N[C@@H]1C(=O)N(CCOCc2ccccc2)c2ccccc2-c2ccccc21. The zero-order valence-electron chi connectivity index (χ0n) is 19.8. The third-order valence-electron chi connectivity index (χ3n) is 5.50. The van der Waals surface area contributed by atoms with E-state index in [-0.39, 0.29) is 5.91 Å². The minimum Gasteiger partial charge on any atom is -0.444 e. The van der Waals surface area contributed by atoms with E-state index >= 15 is 0 Å². The Labute approximate surface area is 200 Å². The lowest BCUT2D eigenvalue weighted by atomic mass is 9.95. The first kappa shape index (κ1) is 23.5. The van der Waals surface area contributed by atoms with Crippen LogP contribution in [-0.2, 0) is 20.9 Å². The van der Waals surface area contributed by atoms with Crippen LogP contribution in [0.3, 0.4) is 0 Å². The second kappa shape index (κ2) is 10.1. The minimum absolute atomic E-state index is 0.230. The molecule has 6 nitrogen and oxygen atoms in total. The zero-order chi connectivity index (χ0) is 24.1. The molecule has 34 heavy (non-hydrogen) atoms. The van der Waals surface area contributed by atoms with Crippen LogP contribution in [0.4, 0.5) is 10.5 Å². The number of anilines is 1.